The minimum absolute atomic E-state index is 0.0445. The van der Waals surface area contributed by atoms with Crippen LogP contribution in [0.25, 0.3) is 11.3 Å². The van der Waals surface area contributed by atoms with Gasteiger partial charge in [0.15, 0.2) is 0 Å². The second kappa shape index (κ2) is 25.3. The first-order valence-corrected chi connectivity index (χ1v) is 24.4. The van der Waals surface area contributed by atoms with Crippen molar-refractivity contribution in [3.8, 4) is 23.1 Å². The molecular formula is C51H58F10N10O8. The van der Waals surface area contributed by atoms with E-state index in [-0.39, 0.29) is 29.8 Å². The van der Waals surface area contributed by atoms with Crippen molar-refractivity contribution in [2.24, 2.45) is 10.8 Å². The number of alkyl halides is 8. The summed E-state index contributed by atoms with van der Waals surface area (Å²) in [7, 11) is 2.07. The number of hydrazine groups is 1. The molecule has 430 valence electrons. The summed E-state index contributed by atoms with van der Waals surface area (Å²) in [5.74, 6) is 1.34. The molecule has 4 heterocycles. The van der Waals surface area contributed by atoms with Crippen molar-refractivity contribution >= 4 is 29.8 Å². The Balaban J connectivity index is 1.17. The molecule has 2 fully saturated rings. The first-order chi connectivity index (χ1) is 36.9. The van der Waals surface area contributed by atoms with E-state index in [4.69, 9.17) is 9.47 Å². The van der Waals surface area contributed by atoms with Crippen LogP contribution in [-0.4, -0.2) is 155 Å². The summed E-state index contributed by atoms with van der Waals surface area (Å²) in [6.45, 7) is 2.49. The number of benzene rings is 2. The fraction of sp³-hybridized carbons (Fsp3) is 0.490. The molecule has 0 radical (unpaired) electrons. The third kappa shape index (κ3) is 15.5. The van der Waals surface area contributed by atoms with E-state index < -0.39 is 121 Å². The third-order valence-electron chi connectivity index (χ3n) is 13.7. The topological polar surface area (TPSA) is 225 Å². The van der Waals surface area contributed by atoms with Crippen molar-refractivity contribution in [1.82, 2.24) is 46.5 Å². The Morgan fingerprint density at radius 3 is 1.96 bits per heavy atom. The molecule has 79 heavy (non-hydrogen) atoms. The van der Waals surface area contributed by atoms with Crippen molar-refractivity contribution < 1.29 is 82.8 Å². The normalized spacial score (nSPS) is 17.7. The number of anilines is 1. The van der Waals surface area contributed by atoms with E-state index in [9.17, 15) is 64.5 Å². The number of halogens is 10. The maximum absolute atomic E-state index is 15.1. The molecule has 4 amide bonds. The Hall–Kier alpha value is -7.22. The quantitative estimate of drug-likeness (QED) is 0.0327. The monoisotopic (exact) mass is 1130 g/mol. The zero-order valence-electron chi connectivity index (χ0n) is 43.1. The first-order valence-electron chi connectivity index (χ1n) is 24.4. The average molecular weight is 1130 g/mol. The van der Waals surface area contributed by atoms with E-state index in [0.717, 1.165) is 35.7 Å². The molecule has 0 saturated carbocycles. The number of morpholine rings is 1. The van der Waals surface area contributed by atoms with E-state index in [2.05, 4.69) is 49.5 Å². The van der Waals surface area contributed by atoms with Gasteiger partial charge in [0.2, 0.25) is 5.91 Å². The number of aliphatic hydroxyl groups excluding tert-OH is 1. The molecule has 6 rings (SSSR count). The highest BCUT2D eigenvalue weighted by molar-refractivity contribution is 5.87. The number of carbonyl (C=O) groups is 4. The molecule has 28 heteroatoms. The number of carboxylic acid groups (broad SMARTS) is 1. The van der Waals surface area contributed by atoms with Gasteiger partial charge in [0.1, 0.15) is 36.1 Å². The minimum atomic E-state index is -5.23. The van der Waals surface area contributed by atoms with Crippen LogP contribution in [0.3, 0.4) is 0 Å². The fourth-order valence-corrected chi connectivity index (χ4v) is 8.53. The molecule has 6 unspecified atom stereocenters. The van der Waals surface area contributed by atoms with Gasteiger partial charge in [-0.3, -0.25) is 24.6 Å². The molecular weight excluding hydrogens is 1070 g/mol. The highest BCUT2D eigenvalue weighted by Gasteiger charge is 2.57. The number of nitrogens with one attached hydrogen (secondary N) is 5. The van der Waals surface area contributed by atoms with Crippen molar-refractivity contribution in [2.45, 2.75) is 102 Å². The van der Waals surface area contributed by atoms with Crippen LogP contribution in [-0.2, 0) is 38.4 Å². The van der Waals surface area contributed by atoms with Crippen molar-refractivity contribution in [3.63, 3.8) is 0 Å². The van der Waals surface area contributed by atoms with Gasteiger partial charge in [0.25, 0.3) is 12.3 Å². The summed E-state index contributed by atoms with van der Waals surface area (Å²) in [5, 5.41) is 30.1. The number of pyridine rings is 1. The van der Waals surface area contributed by atoms with Crippen LogP contribution in [0.1, 0.15) is 49.9 Å². The lowest BCUT2D eigenvalue weighted by Crippen LogP contribution is -2.63. The molecule has 2 aromatic heterocycles. The number of ether oxygens (including phenoxy) is 2. The van der Waals surface area contributed by atoms with E-state index in [1.54, 1.807) is 18.3 Å². The zero-order valence-corrected chi connectivity index (χ0v) is 43.1. The number of nitrogens with zero attached hydrogens (tertiary/aromatic N) is 5. The smallest absolute Gasteiger partial charge is 0.407 e. The van der Waals surface area contributed by atoms with Gasteiger partial charge in [-0.15, -0.1) is 0 Å². The molecule has 0 aliphatic carbocycles. The van der Waals surface area contributed by atoms with Crippen molar-refractivity contribution in [1.29, 1.82) is 0 Å². The van der Waals surface area contributed by atoms with Crippen LogP contribution in [0.15, 0.2) is 67.0 Å². The number of hydrogen-bond acceptors (Lipinski definition) is 12. The number of piperazine rings is 1. The number of alkyl carbamates (subject to hydrolysis) is 1. The summed E-state index contributed by atoms with van der Waals surface area (Å²) >= 11 is 0. The van der Waals surface area contributed by atoms with Crippen LogP contribution in [0.4, 0.5) is 59.3 Å². The number of likely N-dealkylation sites (N-methyl/N-ethyl adjacent to an activating group) is 1. The third-order valence-corrected chi connectivity index (χ3v) is 13.7. The number of amides is 4. The molecule has 18 nitrogen and oxygen atoms in total. The Bertz CT molecular complexity index is 2800. The van der Waals surface area contributed by atoms with Crippen LogP contribution in [0.2, 0.25) is 0 Å². The first kappa shape index (κ1) is 61.0. The van der Waals surface area contributed by atoms with Crippen LogP contribution >= 0.6 is 0 Å². The van der Waals surface area contributed by atoms with Gasteiger partial charge in [-0.1, -0.05) is 24.0 Å². The number of hydrogen-bond donors (Lipinski definition) is 7. The Kier molecular flexibility index (Phi) is 19.5. The molecule has 6 atom stereocenters. The lowest BCUT2D eigenvalue weighted by Gasteiger charge is -2.48. The molecule has 2 aromatic carbocycles. The van der Waals surface area contributed by atoms with Gasteiger partial charge >= 0.3 is 24.5 Å². The largest absolute Gasteiger partial charge is 0.465 e. The van der Waals surface area contributed by atoms with Gasteiger partial charge in [0.05, 0.1) is 60.6 Å². The predicted octanol–water partition coefficient (Wildman–Crippen LogP) is 5.57. The number of carbonyl (C=O) groups excluding carboxylic acids is 3. The van der Waals surface area contributed by atoms with E-state index in [0.29, 0.717) is 57.6 Å². The number of rotatable bonds is 20. The summed E-state index contributed by atoms with van der Waals surface area (Å²) in [6, 6.07) is 6.57. The second-order valence-corrected chi connectivity index (χ2v) is 20.0. The maximum atomic E-state index is 15.1. The van der Waals surface area contributed by atoms with Crippen LogP contribution in [0.5, 0.6) is 0 Å². The van der Waals surface area contributed by atoms with E-state index in [1.807, 2.05) is 22.9 Å². The van der Waals surface area contributed by atoms with E-state index >= 15 is 8.78 Å². The second-order valence-electron chi connectivity index (χ2n) is 20.0. The average Bonchev–Trinajstić information content (AvgIpc) is 3.93. The standard InChI is InChI=1S/C51H58F10N10O8/c1-48(2,50(56,57)58)42(66-47(77)79-17-15-34-35(52)19-31(20-36(34)53)37-14-16-71(68-37)25-40(54)55)44(73)64-38(39(72)22-63-67-45(74)43(65-46(75)76)49(3,4)51(59,60)61)18-29-9-6-28(7-10-29)8-11-30-12-13-41(62-21-30)70-23-32-26-78-27-33(24-70)69(32)5/h6-7,9-10,12-14,16,19-21,32-33,38-40,42-43,63,65,72H,15,17-18,22-27H2,1-5H3,(H,64,73)(H,66,77)(H,67,74)(H,75,76). The van der Waals surface area contributed by atoms with E-state index in [1.165, 1.54) is 29.7 Å². The van der Waals surface area contributed by atoms with Gasteiger partial charge in [0, 0.05) is 60.7 Å². The Labute approximate surface area is 446 Å². The molecule has 2 bridgehead atoms. The van der Waals surface area contributed by atoms with Crippen molar-refractivity contribution in [3.05, 3.63) is 101 Å². The summed E-state index contributed by atoms with van der Waals surface area (Å²) < 4.78 is 153. The molecule has 0 spiro atoms. The SMILES string of the molecule is CN1C2COCC1CN(c1ccc(C#Cc3ccc(CC(NC(=O)C(NC(=O)OCCc4c(F)cc(-c5ccn(CC(F)F)n5)cc4F)C(C)(C)C(F)(F)F)C(O)CNNC(=O)C(NC(=O)O)C(C)(C)C(F)(F)F)cc3)cn1)C2. The Morgan fingerprint density at radius 1 is 0.823 bits per heavy atom. The van der Waals surface area contributed by atoms with Crippen molar-refractivity contribution in [2.75, 3.05) is 51.4 Å². The molecule has 7 N–H and O–H groups in total. The summed E-state index contributed by atoms with van der Waals surface area (Å²) in [4.78, 5) is 60.6. The zero-order chi connectivity index (χ0) is 58.2. The van der Waals surface area contributed by atoms with Gasteiger partial charge < -0.3 is 40.5 Å². The molecule has 4 aromatic rings. The predicted molar refractivity (Wildman–Crippen MR) is 263 cm³/mol. The summed E-state index contributed by atoms with van der Waals surface area (Å²) in [5.41, 5.74) is -1.45. The molecule has 2 aliphatic rings. The number of aliphatic hydroxyl groups is 1. The highest BCUT2D eigenvalue weighted by atomic mass is 19.4. The lowest BCUT2D eigenvalue weighted by atomic mass is 9.82. The Morgan fingerprint density at radius 2 is 1.41 bits per heavy atom. The van der Waals surface area contributed by atoms with Gasteiger partial charge in [-0.2, -0.15) is 31.4 Å². The van der Waals surface area contributed by atoms with Crippen LogP contribution < -0.4 is 31.7 Å². The maximum Gasteiger partial charge on any atom is 0.407 e. The lowest BCUT2D eigenvalue weighted by molar-refractivity contribution is -0.221. The number of fused-ring (bicyclic) bond motifs is 2. The minimum Gasteiger partial charge on any atom is -0.465 e. The van der Waals surface area contributed by atoms with Gasteiger partial charge in [-0.25, -0.2) is 37.6 Å². The highest BCUT2D eigenvalue weighted by Crippen LogP contribution is 2.42. The fourth-order valence-electron chi connectivity index (χ4n) is 8.53. The number of aromatic nitrogens is 3. The van der Waals surface area contributed by atoms with Crippen LogP contribution in [0, 0.1) is 34.3 Å². The molecule has 2 aliphatic heterocycles. The molecule has 2 saturated heterocycles. The summed E-state index contributed by atoms with van der Waals surface area (Å²) in [6.07, 6.45) is -16.9. The van der Waals surface area contributed by atoms with Gasteiger partial charge in [-0.05, 0) is 89.2 Å².